The number of halogens is 1. The zero-order valence-corrected chi connectivity index (χ0v) is 9.79. The smallest absolute Gasteiger partial charge is 0.117 e. The summed E-state index contributed by atoms with van der Waals surface area (Å²) >= 11 is 0. The molecule has 0 unspecified atom stereocenters. The third-order valence-electron chi connectivity index (χ3n) is 3.87. The fourth-order valence-electron chi connectivity index (χ4n) is 2.73. The minimum Gasteiger partial charge on any atom is -0.379 e. The Morgan fingerprint density at radius 2 is 1.94 bits per heavy atom. The van der Waals surface area contributed by atoms with Crippen molar-refractivity contribution in [2.45, 2.75) is 18.4 Å². The maximum atomic E-state index is 13.2. The van der Waals surface area contributed by atoms with Crippen molar-refractivity contribution in [2.75, 3.05) is 26.3 Å². The molecule has 1 aliphatic heterocycles. The minimum atomic E-state index is -0.327. The molecule has 17 heavy (non-hydrogen) atoms. The first-order chi connectivity index (χ1) is 8.22. The maximum Gasteiger partial charge on any atom is 0.117 e. The van der Waals surface area contributed by atoms with Gasteiger partial charge >= 0.3 is 0 Å². The standard InChI is InChI=1S/C13H15BFNO/c14-11-9-10(1-2-12(11)15)13(3-4-13)16-5-7-17-8-6-16/h1-2,9H,3-8H2. The van der Waals surface area contributed by atoms with Gasteiger partial charge in [0.2, 0.25) is 0 Å². The van der Waals surface area contributed by atoms with E-state index in [9.17, 15) is 4.39 Å². The van der Waals surface area contributed by atoms with Crippen LogP contribution < -0.4 is 5.46 Å². The Morgan fingerprint density at radius 3 is 2.53 bits per heavy atom. The summed E-state index contributed by atoms with van der Waals surface area (Å²) < 4.78 is 18.6. The number of morpholine rings is 1. The van der Waals surface area contributed by atoms with Crippen molar-refractivity contribution in [3.63, 3.8) is 0 Å². The maximum absolute atomic E-state index is 13.2. The van der Waals surface area contributed by atoms with Crippen LogP contribution >= 0.6 is 0 Å². The van der Waals surface area contributed by atoms with Crippen molar-refractivity contribution in [1.29, 1.82) is 0 Å². The van der Waals surface area contributed by atoms with E-state index in [4.69, 9.17) is 12.6 Å². The minimum absolute atomic E-state index is 0.103. The van der Waals surface area contributed by atoms with Crippen molar-refractivity contribution in [3.8, 4) is 0 Å². The SMILES string of the molecule is [B]c1cc(C2(N3CCOCC3)CC2)ccc1F. The van der Waals surface area contributed by atoms with Crippen LogP contribution in [0.3, 0.4) is 0 Å². The zero-order chi connectivity index (χ0) is 11.9. The highest BCUT2D eigenvalue weighted by molar-refractivity contribution is 6.32. The van der Waals surface area contributed by atoms with Gasteiger partial charge in [0, 0.05) is 18.6 Å². The van der Waals surface area contributed by atoms with Gasteiger partial charge < -0.3 is 4.74 Å². The number of rotatable bonds is 2. The molecular formula is C13H15BFNO. The highest BCUT2D eigenvalue weighted by Gasteiger charge is 2.49. The van der Waals surface area contributed by atoms with E-state index in [2.05, 4.69) is 4.90 Å². The number of ether oxygens (including phenoxy) is 1. The molecule has 0 spiro atoms. The van der Waals surface area contributed by atoms with E-state index < -0.39 is 0 Å². The first-order valence-electron chi connectivity index (χ1n) is 6.11. The predicted molar refractivity (Wildman–Crippen MR) is 65.1 cm³/mol. The second-order valence-corrected chi connectivity index (χ2v) is 4.87. The highest BCUT2D eigenvalue weighted by Crippen LogP contribution is 2.50. The summed E-state index contributed by atoms with van der Waals surface area (Å²) in [5.74, 6) is -0.327. The third kappa shape index (κ3) is 1.89. The lowest BCUT2D eigenvalue weighted by Gasteiger charge is -2.35. The number of nitrogens with zero attached hydrogens (tertiary/aromatic N) is 1. The van der Waals surface area contributed by atoms with Crippen LogP contribution in [0.5, 0.6) is 0 Å². The summed E-state index contributed by atoms with van der Waals surface area (Å²) in [6.07, 6.45) is 2.27. The average molecular weight is 231 g/mol. The Hall–Kier alpha value is -0.865. The lowest BCUT2D eigenvalue weighted by Crippen LogP contribution is -2.43. The number of hydrogen-bond acceptors (Lipinski definition) is 2. The van der Waals surface area contributed by atoms with Crippen LogP contribution in [0, 0.1) is 5.82 Å². The normalized spacial score (nSPS) is 23.6. The van der Waals surface area contributed by atoms with E-state index in [-0.39, 0.29) is 16.8 Å². The molecule has 0 atom stereocenters. The van der Waals surface area contributed by atoms with Crippen LogP contribution in [0.2, 0.25) is 0 Å². The molecule has 1 aromatic carbocycles. The molecule has 2 nitrogen and oxygen atoms in total. The summed E-state index contributed by atoms with van der Waals surface area (Å²) in [5, 5.41) is 0. The molecule has 0 aromatic heterocycles. The molecule has 4 heteroatoms. The Labute approximate surface area is 102 Å². The molecular weight excluding hydrogens is 216 g/mol. The van der Waals surface area contributed by atoms with E-state index >= 15 is 0 Å². The van der Waals surface area contributed by atoms with Gasteiger partial charge in [-0.05, 0) is 24.5 Å². The van der Waals surface area contributed by atoms with Crippen LogP contribution in [-0.2, 0) is 10.3 Å². The van der Waals surface area contributed by atoms with Gasteiger partial charge in [0.25, 0.3) is 0 Å². The van der Waals surface area contributed by atoms with Crippen LogP contribution in [0.25, 0.3) is 0 Å². The van der Waals surface area contributed by atoms with Crippen molar-refractivity contribution in [3.05, 3.63) is 29.6 Å². The quantitative estimate of drug-likeness (QED) is 0.702. The second-order valence-electron chi connectivity index (χ2n) is 4.87. The van der Waals surface area contributed by atoms with Gasteiger partial charge in [-0.25, -0.2) is 4.39 Å². The lowest BCUT2D eigenvalue weighted by atomic mass is 9.90. The lowest BCUT2D eigenvalue weighted by molar-refractivity contribution is 0.00836. The Bertz CT molecular complexity index is 427. The summed E-state index contributed by atoms with van der Waals surface area (Å²) in [4.78, 5) is 2.45. The second kappa shape index (κ2) is 4.11. The largest absolute Gasteiger partial charge is 0.379 e. The van der Waals surface area contributed by atoms with E-state index in [1.165, 1.54) is 6.07 Å². The van der Waals surface area contributed by atoms with Crippen molar-refractivity contribution in [1.82, 2.24) is 4.90 Å². The van der Waals surface area contributed by atoms with Gasteiger partial charge in [-0.2, -0.15) is 0 Å². The van der Waals surface area contributed by atoms with E-state index in [1.54, 1.807) is 6.07 Å². The monoisotopic (exact) mass is 231 g/mol. The third-order valence-corrected chi connectivity index (χ3v) is 3.87. The number of benzene rings is 1. The first kappa shape index (κ1) is 11.2. The van der Waals surface area contributed by atoms with Crippen LogP contribution in [0.1, 0.15) is 18.4 Å². The van der Waals surface area contributed by atoms with Crippen molar-refractivity contribution >= 4 is 13.3 Å². The molecule has 0 bridgehead atoms. The van der Waals surface area contributed by atoms with Crippen LogP contribution in [-0.4, -0.2) is 39.0 Å². The molecule has 1 saturated heterocycles. The molecule has 1 aliphatic carbocycles. The highest BCUT2D eigenvalue weighted by atomic mass is 19.1. The fraction of sp³-hybridized carbons (Fsp3) is 0.538. The molecule has 3 rings (SSSR count). The average Bonchev–Trinajstić information content (AvgIpc) is 3.15. The number of hydrogen-bond donors (Lipinski definition) is 0. The molecule has 0 amide bonds. The molecule has 2 aliphatic rings. The van der Waals surface area contributed by atoms with Gasteiger partial charge in [0.05, 0.1) is 13.2 Å². The van der Waals surface area contributed by atoms with Gasteiger partial charge in [0.15, 0.2) is 0 Å². The van der Waals surface area contributed by atoms with Crippen LogP contribution in [0.15, 0.2) is 18.2 Å². The molecule has 88 valence electrons. The summed E-state index contributed by atoms with van der Waals surface area (Å²) in [6.45, 7) is 3.49. The molecule has 1 aromatic rings. The first-order valence-corrected chi connectivity index (χ1v) is 6.11. The fourth-order valence-corrected chi connectivity index (χ4v) is 2.73. The summed E-state index contributed by atoms with van der Waals surface area (Å²) in [7, 11) is 5.66. The Kier molecular flexibility index (Phi) is 2.71. The van der Waals surface area contributed by atoms with Crippen molar-refractivity contribution in [2.24, 2.45) is 0 Å². The van der Waals surface area contributed by atoms with Gasteiger partial charge in [-0.1, -0.05) is 17.6 Å². The van der Waals surface area contributed by atoms with E-state index in [0.29, 0.717) is 0 Å². The summed E-state index contributed by atoms with van der Waals surface area (Å²) in [6, 6.07) is 5.14. The molecule has 1 saturated carbocycles. The van der Waals surface area contributed by atoms with Gasteiger partial charge in [0.1, 0.15) is 13.7 Å². The molecule has 2 fully saturated rings. The van der Waals surface area contributed by atoms with Crippen molar-refractivity contribution < 1.29 is 9.13 Å². The van der Waals surface area contributed by atoms with E-state index in [0.717, 1.165) is 44.7 Å². The van der Waals surface area contributed by atoms with Gasteiger partial charge in [-0.3, -0.25) is 4.90 Å². The Balaban J connectivity index is 1.88. The van der Waals surface area contributed by atoms with Crippen LogP contribution in [0.4, 0.5) is 4.39 Å². The molecule has 0 N–H and O–H groups in total. The predicted octanol–water partition coefficient (Wildman–Crippen LogP) is 0.941. The Morgan fingerprint density at radius 1 is 1.24 bits per heavy atom. The van der Waals surface area contributed by atoms with E-state index in [1.807, 2.05) is 6.07 Å². The molecule has 1 heterocycles. The topological polar surface area (TPSA) is 12.5 Å². The summed E-state index contributed by atoms with van der Waals surface area (Å²) in [5.41, 5.74) is 1.51. The van der Waals surface area contributed by atoms with Gasteiger partial charge in [-0.15, -0.1) is 0 Å². The zero-order valence-electron chi connectivity index (χ0n) is 9.79. The molecule has 2 radical (unpaired) electrons.